The Hall–Kier alpha value is -7.62. The van der Waals surface area contributed by atoms with Crippen molar-refractivity contribution in [3.05, 3.63) is 63.8 Å². The van der Waals surface area contributed by atoms with Gasteiger partial charge in [0.25, 0.3) is 21.8 Å². The molecule has 2 atom stereocenters. The summed E-state index contributed by atoms with van der Waals surface area (Å²) >= 11 is 6.97. The maximum atomic E-state index is 14.5. The van der Waals surface area contributed by atoms with E-state index >= 15 is 0 Å². The second-order valence-electron chi connectivity index (χ2n) is 18.1. The number of aliphatic carboxylic acids is 1. The third-order valence-corrected chi connectivity index (χ3v) is 13.5. The van der Waals surface area contributed by atoms with E-state index in [-0.39, 0.29) is 77.3 Å². The summed E-state index contributed by atoms with van der Waals surface area (Å²) < 4.78 is 73.7. The predicted molar refractivity (Wildman–Crippen MR) is 291 cm³/mol. The van der Waals surface area contributed by atoms with E-state index in [0.717, 1.165) is 25.3 Å². The molecule has 8 N–H and O–H groups in total. The number of anilines is 4. The number of carbonyl (C=O) groups excluding carboxylic acids is 3. The molecule has 2 aliphatic heterocycles. The second-order valence-corrected chi connectivity index (χ2v) is 23.4. The number of nitrogens with one attached hydrogen (secondary N) is 4. The summed E-state index contributed by atoms with van der Waals surface area (Å²) in [5.41, 5.74) is 5.58. The molecule has 7 rings (SSSR count). The number of carbonyl (C=O) groups is 4. The molecular weight excluding hydrogens is 1120 g/mol. The Morgan fingerprint density at radius 2 is 1.76 bits per heavy atom. The number of carboxylic acid groups (broad SMARTS) is 1. The van der Waals surface area contributed by atoms with Crippen molar-refractivity contribution in [1.82, 2.24) is 48.5 Å². The molecule has 0 spiro atoms. The van der Waals surface area contributed by atoms with Gasteiger partial charge in [0.2, 0.25) is 39.7 Å². The SMILES string of the molecule is C#CCN1C(=O)COc2cc(F)c(/N=c3\snc4n3CC(C)(C)C4)cc21.CCNc1nc(Cl)nc(NC(C)C)n1.COc1cc(OC)nc(NC(=O)NS(=O)(=O)c2ncccc2C(=O)N(C)C)n1.CP(=O)(O)CCC(N)C(=O)O. The fraction of sp³-hybridized carbons (Fsp3) is 0.435. The Morgan fingerprint density at radius 3 is 2.34 bits per heavy atom. The average Bonchev–Trinajstić information content (AvgIpc) is 3.88. The third kappa shape index (κ3) is 19.4. The van der Waals surface area contributed by atoms with Crippen LogP contribution in [0.25, 0.3) is 0 Å². The average molecular weight is 1180 g/mol. The van der Waals surface area contributed by atoms with E-state index in [1.807, 2.05) is 25.3 Å². The molecular formula is C46H61ClFN16O12PS2. The number of pyridine rings is 1. The van der Waals surface area contributed by atoms with E-state index in [2.05, 4.69) is 75.0 Å². The zero-order valence-corrected chi connectivity index (χ0v) is 47.9. The minimum absolute atomic E-state index is 0.0412. The van der Waals surface area contributed by atoms with Crippen LogP contribution in [0.15, 0.2) is 46.5 Å². The molecule has 5 aromatic rings. The predicted octanol–water partition coefficient (Wildman–Crippen LogP) is 3.82. The number of halogens is 2. The van der Waals surface area contributed by atoms with Crippen molar-refractivity contribution in [2.45, 2.75) is 71.1 Å². The van der Waals surface area contributed by atoms with Crippen LogP contribution in [0.4, 0.5) is 38.4 Å². The zero-order chi connectivity index (χ0) is 59.0. The van der Waals surface area contributed by atoms with E-state index < -0.39 is 52.2 Å². The summed E-state index contributed by atoms with van der Waals surface area (Å²) in [5, 5.41) is 16.1. The lowest BCUT2D eigenvalue weighted by atomic mass is 9.92. The summed E-state index contributed by atoms with van der Waals surface area (Å²) in [7, 11) is -1.95. The van der Waals surface area contributed by atoms with Gasteiger partial charge in [0, 0.05) is 76.3 Å². The fourth-order valence-electron chi connectivity index (χ4n) is 6.63. The van der Waals surface area contributed by atoms with E-state index in [0.29, 0.717) is 28.1 Å². The van der Waals surface area contributed by atoms with E-state index in [9.17, 15) is 36.6 Å². The van der Waals surface area contributed by atoms with Crippen molar-refractivity contribution in [3.8, 4) is 29.9 Å². The van der Waals surface area contributed by atoms with Crippen LogP contribution in [0.3, 0.4) is 0 Å². The Kier molecular flexibility index (Phi) is 22.9. The quantitative estimate of drug-likeness (QED) is 0.0545. The Balaban J connectivity index is 0.000000242. The smallest absolute Gasteiger partial charge is 0.335 e. The van der Waals surface area contributed by atoms with Crippen LogP contribution in [-0.4, -0.2) is 159 Å². The molecule has 4 aromatic heterocycles. The summed E-state index contributed by atoms with van der Waals surface area (Å²) in [5.74, 6) is 2.11. The molecule has 428 valence electrons. The number of carboxylic acids is 1. The van der Waals surface area contributed by atoms with Crippen LogP contribution in [0, 0.1) is 23.6 Å². The topological polar surface area (TPSA) is 376 Å². The van der Waals surface area contributed by atoms with Crippen LogP contribution < -0.4 is 50.3 Å². The van der Waals surface area contributed by atoms with Crippen molar-refractivity contribution in [1.29, 1.82) is 0 Å². The van der Waals surface area contributed by atoms with Crippen molar-refractivity contribution in [2.24, 2.45) is 16.1 Å². The molecule has 33 heteroatoms. The number of nitrogens with two attached hydrogens (primary N) is 1. The molecule has 28 nitrogen and oxygen atoms in total. The number of fused-ring (bicyclic) bond motifs is 2. The van der Waals surface area contributed by atoms with Gasteiger partial charge in [-0.3, -0.25) is 29.2 Å². The number of amides is 4. The van der Waals surface area contributed by atoms with Crippen LogP contribution in [-0.2, 0) is 37.1 Å². The number of hydrogen-bond acceptors (Lipinski definition) is 22. The number of ether oxygens (including phenoxy) is 3. The van der Waals surface area contributed by atoms with Gasteiger partial charge in [-0.15, -0.1) is 6.42 Å². The molecule has 0 fully saturated rings. The van der Waals surface area contributed by atoms with E-state index in [4.69, 9.17) is 48.0 Å². The molecule has 2 aliphatic rings. The van der Waals surface area contributed by atoms with Gasteiger partial charge >= 0.3 is 12.0 Å². The molecule has 1 aromatic carbocycles. The van der Waals surface area contributed by atoms with Crippen LogP contribution >= 0.6 is 30.5 Å². The molecule has 0 saturated carbocycles. The maximum Gasteiger partial charge on any atom is 0.335 e. The van der Waals surface area contributed by atoms with Gasteiger partial charge < -0.3 is 50.0 Å². The minimum atomic E-state index is -4.46. The monoisotopic (exact) mass is 1180 g/mol. The normalized spacial score (nSPS) is 14.3. The van der Waals surface area contributed by atoms with Crippen LogP contribution in [0.1, 0.15) is 57.2 Å². The van der Waals surface area contributed by atoms with Crippen molar-refractivity contribution in [3.63, 3.8) is 0 Å². The highest BCUT2D eigenvalue weighted by molar-refractivity contribution is 7.90. The summed E-state index contributed by atoms with van der Waals surface area (Å²) in [6.45, 7) is 13.0. The lowest BCUT2D eigenvalue weighted by Crippen LogP contribution is -2.39. The largest absolute Gasteiger partial charge is 0.481 e. The Labute approximate surface area is 463 Å². The summed E-state index contributed by atoms with van der Waals surface area (Å²) in [4.78, 5) is 86.4. The fourth-order valence-corrected chi connectivity index (χ4v) is 9.34. The minimum Gasteiger partial charge on any atom is -0.481 e. The molecule has 6 heterocycles. The number of hydrogen-bond donors (Lipinski definition) is 7. The first-order valence-corrected chi connectivity index (χ1v) is 28.4. The van der Waals surface area contributed by atoms with Crippen molar-refractivity contribution < 1.29 is 60.8 Å². The molecule has 2 unspecified atom stereocenters. The van der Waals surface area contributed by atoms with Gasteiger partial charge in [-0.25, -0.2) is 23.9 Å². The first-order valence-electron chi connectivity index (χ1n) is 23.5. The number of nitrogens with zero attached hydrogens (tertiary/aromatic N) is 11. The number of aromatic nitrogens is 8. The van der Waals surface area contributed by atoms with E-state index in [1.165, 1.54) is 92.8 Å². The first-order chi connectivity index (χ1) is 37.0. The highest BCUT2D eigenvalue weighted by Crippen LogP contribution is 2.38. The highest BCUT2D eigenvalue weighted by Gasteiger charge is 2.32. The van der Waals surface area contributed by atoms with Gasteiger partial charge in [0.05, 0.1) is 38.1 Å². The number of urea groups is 1. The van der Waals surface area contributed by atoms with Gasteiger partial charge in [-0.1, -0.05) is 19.8 Å². The lowest BCUT2D eigenvalue weighted by molar-refractivity contribution is -0.138. The summed E-state index contributed by atoms with van der Waals surface area (Å²) in [6.07, 6.45) is 7.41. The molecule has 79 heavy (non-hydrogen) atoms. The molecule has 4 amide bonds. The third-order valence-electron chi connectivity index (χ3n) is 10.2. The van der Waals surface area contributed by atoms with Gasteiger partial charge in [0.15, 0.2) is 24.8 Å². The van der Waals surface area contributed by atoms with Gasteiger partial charge in [0.1, 0.15) is 23.3 Å². The van der Waals surface area contributed by atoms with Crippen LogP contribution in [0.5, 0.6) is 17.5 Å². The summed E-state index contributed by atoms with van der Waals surface area (Å²) in [6, 6.07) is 4.89. The second kappa shape index (κ2) is 28.3. The zero-order valence-electron chi connectivity index (χ0n) is 44.6. The maximum absolute atomic E-state index is 14.5. The number of rotatable bonds is 16. The molecule has 0 aliphatic carbocycles. The molecule has 0 bridgehead atoms. The number of benzene rings is 1. The number of methoxy groups -OCH3 is 2. The number of sulfonamides is 1. The van der Waals surface area contributed by atoms with Gasteiger partial charge in [-0.2, -0.15) is 37.7 Å². The Morgan fingerprint density at radius 1 is 1.10 bits per heavy atom. The van der Waals surface area contributed by atoms with Crippen molar-refractivity contribution >= 4 is 93.6 Å². The molecule has 0 radical (unpaired) electrons. The number of terminal acetylenes is 1. The Bertz CT molecular complexity index is 3260. The van der Waals surface area contributed by atoms with Crippen LogP contribution in [0.2, 0.25) is 5.28 Å². The first kappa shape index (κ1) is 63.9. The van der Waals surface area contributed by atoms with Gasteiger partial charge in [-0.05, 0) is 62.4 Å². The highest BCUT2D eigenvalue weighted by atomic mass is 35.5. The lowest BCUT2D eigenvalue weighted by Gasteiger charge is -2.28. The van der Waals surface area contributed by atoms with E-state index in [1.54, 1.807) is 4.72 Å². The standard InChI is InChI=1S/C18H17FN4O2S.C15H18N6O6S.C8H14ClN5.C5H12NO4P/c1-4-5-22-13-7-12(11(19)6-14(13)25-9-16(22)24)20-17-23-10-18(2,3)8-15(23)21-26-17;1-21(2)13(22)9-6-5-7-16-12(9)28(24,25)20-15(23)19-14-17-10(26-3)8-11(18-14)27-4;1-4-10-7-12-6(9)13-8(14-7)11-5(2)3;1-11(9,10)3-2-4(6)5(7)8/h1,6-7H,5,8-10H2,2-3H3;5-8H,1-4H3,(H2,17,18,19,20,23);5H,4H2,1-3H3,(H2,10,11,12,13,14);4H,2-3,6H2,1H3,(H,7,8)(H,9,10)/b20-17-;;;. The van der Waals surface area contributed by atoms with Crippen molar-refractivity contribution in [2.75, 3.05) is 81.7 Å². The molecule has 0 saturated heterocycles.